The van der Waals surface area contributed by atoms with Crippen LogP contribution in [0.5, 0.6) is 0 Å². The Hall–Kier alpha value is -7.42. The van der Waals surface area contributed by atoms with Gasteiger partial charge in [-0.1, -0.05) is 172 Å². The third-order valence-corrected chi connectivity index (χ3v) is 13.5. The van der Waals surface area contributed by atoms with Gasteiger partial charge >= 0.3 is 0 Å². The Bertz CT molecular complexity index is 3230. The van der Waals surface area contributed by atoms with Gasteiger partial charge < -0.3 is 9.47 Å². The number of anilines is 3. The summed E-state index contributed by atoms with van der Waals surface area (Å²) >= 11 is 0. The Morgan fingerprint density at radius 3 is 1.53 bits per heavy atom. The van der Waals surface area contributed by atoms with Crippen LogP contribution in [0.3, 0.4) is 0 Å². The number of nitrogens with zero attached hydrogens (tertiary/aromatic N) is 2. The van der Waals surface area contributed by atoms with Gasteiger partial charge in [0.1, 0.15) is 0 Å². The first-order chi connectivity index (χ1) is 29.5. The number of benzene rings is 9. The average molecular weight is 767 g/mol. The summed E-state index contributed by atoms with van der Waals surface area (Å²) in [6.07, 6.45) is 0. The first-order valence-electron chi connectivity index (χ1n) is 21.0. The molecule has 0 radical (unpaired) electrons. The summed E-state index contributed by atoms with van der Waals surface area (Å²) in [5.74, 6) is 0. The average Bonchev–Trinajstić information content (AvgIpc) is 3.88. The number of aromatic nitrogens is 1. The lowest BCUT2D eigenvalue weighted by Gasteiger charge is -2.34. The van der Waals surface area contributed by atoms with Gasteiger partial charge in [-0.2, -0.15) is 0 Å². The first kappa shape index (κ1) is 34.6. The highest BCUT2D eigenvalue weighted by Gasteiger charge is 2.46. The van der Waals surface area contributed by atoms with Gasteiger partial charge in [0, 0.05) is 38.9 Å². The zero-order valence-corrected chi connectivity index (χ0v) is 33.7. The lowest BCUT2D eigenvalue weighted by molar-refractivity contribution is 0.660. The summed E-state index contributed by atoms with van der Waals surface area (Å²) in [7, 11) is 0. The van der Waals surface area contributed by atoms with E-state index in [9.17, 15) is 0 Å². The molecule has 2 heteroatoms. The van der Waals surface area contributed by atoms with E-state index in [1.54, 1.807) is 0 Å². The molecule has 12 rings (SSSR count). The van der Waals surface area contributed by atoms with Crippen molar-refractivity contribution in [3.05, 3.63) is 252 Å². The number of fused-ring (bicyclic) bond motifs is 9. The molecule has 2 nitrogen and oxygen atoms in total. The van der Waals surface area contributed by atoms with Gasteiger partial charge in [0.25, 0.3) is 0 Å². The van der Waals surface area contributed by atoms with Crippen molar-refractivity contribution >= 4 is 38.9 Å². The number of rotatable bonds is 6. The van der Waals surface area contributed by atoms with Gasteiger partial charge in [-0.05, 0) is 116 Å². The minimum atomic E-state index is -0.459. The summed E-state index contributed by atoms with van der Waals surface area (Å²) in [4.78, 5) is 2.46. The molecular weight excluding hydrogens is 725 g/mol. The summed E-state index contributed by atoms with van der Waals surface area (Å²) in [6, 6.07) is 81.0. The van der Waals surface area contributed by atoms with E-state index in [0.717, 1.165) is 22.7 Å². The van der Waals surface area contributed by atoms with Gasteiger partial charge in [0.05, 0.1) is 16.4 Å². The smallest absolute Gasteiger partial charge is 0.0713 e. The standard InChI is InChI=1S/C58H42N2/c1-57(2)51-25-13-9-21-45(51)48-35-33-44(38-54(48)57)59(43-34-36-56-50(37-43)49-24-12-16-28-55(49)60(56)41-19-7-4-8-20-41)42-31-29-40(30-32-42)58(39-17-5-3-6-18-39)52-26-14-10-22-46(52)47-23-11-15-27-53(47)58/h3-38H,1-2H3. The predicted molar refractivity (Wildman–Crippen MR) is 250 cm³/mol. The zero-order valence-electron chi connectivity index (χ0n) is 33.7. The highest BCUT2D eigenvalue weighted by Crippen LogP contribution is 2.57. The molecule has 0 saturated heterocycles. The Morgan fingerprint density at radius 2 is 0.833 bits per heavy atom. The molecule has 0 amide bonds. The van der Waals surface area contributed by atoms with Crippen molar-refractivity contribution in [1.82, 2.24) is 4.57 Å². The lowest BCUT2D eigenvalue weighted by Crippen LogP contribution is -2.28. The van der Waals surface area contributed by atoms with Crippen molar-refractivity contribution in [2.24, 2.45) is 0 Å². The van der Waals surface area contributed by atoms with E-state index in [1.165, 1.54) is 77.4 Å². The molecule has 1 heterocycles. The number of hydrogen-bond acceptors (Lipinski definition) is 1. The molecule has 284 valence electrons. The Kier molecular flexibility index (Phi) is 7.52. The van der Waals surface area contributed by atoms with E-state index in [2.05, 4.69) is 242 Å². The molecule has 60 heavy (non-hydrogen) atoms. The molecule has 0 unspecified atom stereocenters. The van der Waals surface area contributed by atoms with Crippen molar-refractivity contribution < 1.29 is 0 Å². The molecular formula is C58H42N2. The van der Waals surface area contributed by atoms with Gasteiger partial charge in [0.2, 0.25) is 0 Å². The lowest BCUT2D eigenvalue weighted by atomic mass is 9.68. The van der Waals surface area contributed by atoms with Crippen LogP contribution in [-0.4, -0.2) is 4.57 Å². The summed E-state index contributed by atoms with van der Waals surface area (Å²) in [6.45, 7) is 4.73. The van der Waals surface area contributed by atoms with Crippen LogP contribution < -0.4 is 4.90 Å². The Labute approximate surface area is 351 Å². The minimum absolute atomic E-state index is 0.129. The van der Waals surface area contributed by atoms with Crippen LogP contribution in [0.2, 0.25) is 0 Å². The largest absolute Gasteiger partial charge is 0.310 e. The molecule has 0 atom stereocenters. The molecule has 0 aliphatic heterocycles. The highest BCUT2D eigenvalue weighted by atomic mass is 15.1. The Morgan fingerprint density at radius 1 is 0.350 bits per heavy atom. The van der Waals surface area contributed by atoms with Crippen LogP contribution in [0.15, 0.2) is 218 Å². The van der Waals surface area contributed by atoms with Crippen molar-refractivity contribution in [3.8, 4) is 27.9 Å². The normalized spacial score (nSPS) is 14.1. The molecule has 1 aromatic heterocycles. The van der Waals surface area contributed by atoms with Gasteiger partial charge in [-0.15, -0.1) is 0 Å². The molecule has 0 spiro atoms. The zero-order chi connectivity index (χ0) is 40.0. The monoisotopic (exact) mass is 766 g/mol. The van der Waals surface area contributed by atoms with Crippen LogP contribution >= 0.6 is 0 Å². The van der Waals surface area contributed by atoms with E-state index in [1.807, 2.05) is 0 Å². The second-order valence-corrected chi connectivity index (χ2v) is 16.9. The minimum Gasteiger partial charge on any atom is -0.310 e. The van der Waals surface area contributed by atoms with Crippen LogP contribution in [0, 0.1) is 0 Å². The fourth-order valence-corrected chi connectivity index (χ4v) is 10.8. The second kappa shape index (κ2) is 13.0. The molecule has 0 fully saturated rings. The summed E-state index contributed by atoms with van der Waals surface area (Å²) in [5, 5.41) is 2.46. The van der Waals surface area contributed by atoms with E-state index in [-0.39, 0.29) is 5.41 Å². The first-order valence-corrected chi connectivity index (χ1v) is 21.0. The quantitative estimate of drug-likeness (QED) is 0.164. The molecule has 0 saturated carbocycles. The molecule has 0 bridgehead atoms. The third-order valence-electron chi connectivity index (χ3n) is 13.5. The van der Waals surface area contributed by atoms with E-state index in [4.69, 9.17) is 0 Å². The maximum absolute atomic E-state index is 2.46. The number of hydrogen-bond donors (Lipinski definition) is 0. The highest BCUT2D eigenvalue weighted by molar-refractivity contribution is 6.10. The molecule has 2 aliphatic carbocycles. The van der Waals surface area contributed by atoms with Crippen LogP contribution in [0.1, 0.15) is 47.2 Å². The molecule has 0 N–H and O–H groups in total. The van der Waals surface area contributed by atoms with Crippen molar-refractivity contribution in [1.29, 1.82) is 0 Å². The van der Waals surface area contributed by atoms with Crippen molar-refractivity contribution in [2.75, 3.05) is 4.90 Å². The van der Waals surface area contributed by atoms with Crippen LogP contribution in [0.25, 0.3) is 49.7 Å². The second-order valence-electron chi connectivity index (χ2n) is 16.9. The van der Waals surface area contributed by atoms with E-state index >= 15 is 0 Å². The predicted octanol–water partition coefficient (Wildman–Crippen LogP) is 14.9. The van der Waals surface area contributed by atoms with Crippen LogP contribution in [-0.2, 0) is 10.8 Å². The number of para-hydroxylation sites is 2. The fourth-order valence-electron chi connectivity index (χ4n) is 10.8. The SMILES string of the molecule is CC1(C)c2ccccc2-c2ccc(N(c3ccc(C4(c5ccccc5)c5ccccc5-c5ccccc54)cc3)c3ccc4c(c3)c3ccccc3n4-c3ccccc3)cc21. The summed E-state index contributed by atoms with van der Waals surface area (Å²) < 4.78 is 2.39. The fraction of sp³-hybridized carbons (Fsp3) is 0.0690. The van der Waals surface area contributed by atoms with Gasteiger partial charge in [-0.25, -0.2) is 0 Å². The molecule has 9 aromatic carbocycles. The third kappa shape index (κ3) is 4.82. The molecule has 2 aliphatic rings. The van der Waals surface area contributed by atoms with Crippen LogP contribution in [0.4, 0.5) is 17.1 Å². The topological polar surface area (TPSA) is 8.17 Å². The maximum atomic E-state index is 2.46. The van der Waals surface area contributed by atoms with Crippen molar-refractivity contribution in [3.63, 3.8) is 0 Å². The van der Waals surface area contributed by atoms with Crippen molar-refractivity contribution in [2.45, 2.75) is 24.7 Å². The van der Waals surface area contributed by atoms with E-state index < -0.39 is 5.41 Å². The summed E-state index contributed by atoms with van der Waals surface area (Å²) in [5.41, 5.74) is 19.5. The van der Waals surface area contributed by atoms with Gasteiger partial charge in [-0.3, -0.25) is 0 Å². The molecule has 10 aromatic rings. The maximum Gasteiger partial charge on any atom is 0.0713 e. The van der Waals surface area contributed by atoms with E-state index in [0.29, 0.717) is 0 Å². The Balaban J connectivity index is 1.08. The van der Waals surface area contributed by atoms with Gasteiger partial charge in [0.15, 0.2) is 0 Å².